The highest BCUT2D eigenvalue weighted by molar-refractivity contribution is 6.10. The lowest BCUT2D eigenvalue weighted by Gasteiger charge is -2.32. The minimum absolute atomic E-state index is 0. The van der Waals surface area contributed by atoms with Gasteiger partial charge in [0.2, 0.25) is 0 Å². The first-order valence-corrected chi connectivity index (χ1v) is 19.6. The molecule has 0 fully saturated rings. The van der Waals surface area contributed by atoms with Crippen molar-refractivity contribution in [2.75, 3.05) is 39.0 Å². The van der Waals surface area contributed by atoms with Crippen LogP contribution >= 0.6 is 0 Å². The summed E-state index contributed by atoms with van der Waals surface area (Å²) < 4.78 is 6.03. The van der Waals surface area contributed by atoms with Crippen LogP contribution in [-0.4, -0.2) is 36.6 Å². The third kappa shape index (κ3) is 10.6. The monoisotopic (exact) mass is 826 g/mol. The summed E-state index contributed by atoms with van der Waals surface area (Å²) >= 11 is 0. The predicted octanol–water partition coefficient (Wildman–Crippen LogP) is 10.4. The van der Waals surface area contributed by atoms with E-state index in [9.17, 15) is 24.0 Å². The molecule has 7 rings (SSSR count). The summed E-state index contributed by atoms with van der Waals surface area (Å²) in [7, 11) is 1.50. The third-order valence-corrected chi connectivity index (χ3v) is 9.85. The zero-order chi connectivity index (χ0) is 43.5. The molecule has 0 spiro atoms. The number of methoxy groups -OCH3 is 1. The van der Waals surface area contributed by atoms with Gasteiger partial charge in [0.25, 0.3) is 29.5 Å². The molecule has 0 saturated carbocycles. The van der Waals surface area contributed by atoms with Gasteiger partial charge in [0.1, 0.15) is 0 Å². The molecule has 0 aliphatic rings. The van der Waals surface area contributed by atoms with Crippen LogP contribution in [0.15, 0.2) is 182 Å². The number of carbonyl (C=O) groups is 5. The minimum Gasteiger partial charge on any atom is -0.355 e. The van der Waals surface area contributed by atoms with Crippen LogP contribution in [-0.2, 0) is 10.5 Å². The second kappa shape index (κ2) is 19.1. The number of anilines is 6. The summed E-state index contributed by atoms with van der Waals surface area (Å²) in [5.41, 5.74) is 4.27. The molecule has 7 aromatic rings. The maximum absolute atomic E-state index is 13.9. The highest BCUT2D eigenvalue weighted by atomic mass is 16.5. The van der Waals surface area contributed by atoms with E-state index in [0.717, 1.165) is 0 Å². The molecule has 0 heterocycles. The molecule has 62 heavy (non-hydrogen) atoms. The van der Waals surface area contributed by atoms with E-state index >= 15 is 0 Å². The summed E-state index contributed by atoms with van der Waals surface area (Å²) in [5, 5.41) is 17.7. The molecule has 7 aromatic carbocycles. The van der Waals surface area contributed by atoms with Gasteiger partial charge in [-0.1, -0.05) is 54.6 Å². The SMILES string of the molecule is COC(C)(Nc1ccc(NC(=O)c2ccccc2)cc1)c1cc(C(=O)Nc2ccc(NC(=O)c3ccccc3)cc2)cc(C(=O)Nc2ccc(NC(=O)c3ccccc3)cc2)c1.[HH].[HH]. The lowest BCUT2D eigenvalue weighted by Crippen LogP contribution is -2.34. The number of ether oxygens (including phenoxy) is 1. The number of hydrogen-bond acceptors (Lipinski definition) is 7. The van der Waals surface area contributed by atoms with Crippen molar-refractivity contribution in [3.8, 4) is 0 Å². The van der Waals surface area contributed by atoms with Crippen molar-refractivity contribution in [1.29, 1.82) is 0 Å². The van der Waals surface area contributed by atoms with Crippen molar-refractivity contribution in [1.82, 2.24) is 0 Å². The maximum atomic E-state index is 13.9. The number of nitrogens with one attached hydrogen (secondary N) is 6. The van der Waals surface area contributed by atoms with Crippen LogP contribution in [0.5, 0.6) is 0 Å². The molecule has 0 saturated heterocycles. The Morgan fingerprint density at radius 1 is 0.371 bits per heavy atom. The average molecular weight is 827 g/mol. The first-order valence-electron chi connectivity index (χ1n) is 19.6. The van der Waals surface area contributed by atoms with Gasteiger partial charge in [0, 0.05) is 77.5 Å². The Hall–Kier alpha value is -8.35. The van der Waals surface area contributed by atoms with Crippen LogP contribution in [0.2, 0.25) is 0 Å². The summed E-state index contributed by atoms with van der Waals surface area (Å²) in [4.78, 5) is 65.9. The molecule has 12 heteroatoms. The fourth-order valence-corrected chi connectivity index (χ4v) is 6.38. The molecule has 0 bridgehead atoms. The van der Waals surface area contributed by atoms with Gasteiger partial charge in [-0.05, 0) is 134 Å². The molecule has 5 amide bonds. The van der Waals surface area contributed by atoms with Gasteiger partial charge < -0.3 is 36.6 Å². The van der Waals surface area contributed by atoms with E-state index in [1.54, 1.807) is 165 Å². The van der Waals surface area contributed by atoms with Gasteiger partial charge in [-0.3, -0.25) is 24.0 Å². The van der Waals surface area contributed by atoms with Crippen LogP contribution in [0.25, 0.3) is 0 Å². The molecular weight excluding hydrogens is 781 g/mol. The summed E-state index contributed by atoms with van der Waals surface area (Å²) in [5.74, 6) is -1.78. The number of carbonyl (C=O) groups excluding carboxylic acids is 5. The van der Waals surface area contributed by atoms with Gasteiger partial charge in [0.05, 0.1) is 0 Å². The Bertz CT molecular complexity index is 2580. The standard InChI is InChI=1S/C50H42N6O6.2H2/c1-50(62-2,56-44-28-26-43(27-29-44)53-47(59)35-16-10-5-11-17-35)38-31-36(48(60)54-41-22-18-39(19-23-41)51-45(57)33-12-6-3-7-13-33)30-37(32-38)49(61)55-42-24-20-40(21-25-42)52-46(58)34-14-8-4-9-15-34;;/h3-32,56H,1-2H3,(H,51,57)(H,52,58)(H,53,59)(H,54,60)(H,55,61);2*1H. The number of benzene rings is 7. The zero-order valence-corrected chi connectivity index (χ0v) is 33.8. The van der Waals surface area contributed by atoms with Gasteiger partial charge >= 0.3 is 0 Å². The van der Waals surface area contributed by atoms with E-state index in [0.29, 0.717) is 56.4 Å². The van der Waals surface area contributed by atoms with Crippen LogP contribution in [0, 0.1) is 0 Å². The summed E-state index contributed by atoms with van der Waals surface area (Å²) in [6, 6.07) is 51.7. The van der Waals surface area contributed by atoms with Gasteiger partial charge in [-0.15, -0.1) is 0 Å². The van der Waals surface area contributed by atoms with Crippen LogP contribution < -0.4 is 31.9 Å². The van der Waals surface area contributed by atoms with E-state index < -0.39 is 17.5 Å². The van der Waals surface area contributed by atoms with E-state index in [-0.39, 0.29) is 31.7 Å². The molecule has 0 aromatic heterocycles. The first kappa shape index (κ1) is 41.8. The summed E-state index contributed by atoms with van der Waals surface area (Å²) in [6.07, 6.45) is 0. The average Bonchev–Trinajstić information content (AvgIpc) is 3.31. The molecule has 12 nitrogen and oxygen atoms in total. The molecule has 0 aliphatic heterocycles. The lowest BCUT2D eigenvalue weighted by molar-refractivity contribution is 0.0278. The van der Waals surface area contributed by atoms with Gasteiger partial charge in [-0.2, -0.15) is 0 Å². The largest absolute Gasteiger partial charge is 0.355 e. The van der Waals surface area contributed by atoms with Crippen LogP contribution in [0.3, 0.4) is 0 Å². The highest BCUT2D eigenvalue weighted by Gasteiger charge is 2.29. The number of rotatable bonds is 14. The summed E-state index contributed by atoms with van der Waals surface area (Å²) in [6.45, 7) is 1.77. The number of amides is 5. The van der Waals surface area contributed by atoms with E-state index in [2.05, 4.69) is 31.9 Å². The first-order chi connectivity index (χ1) is 30.0. The van der Waals surface area contributed by atoms with Crippen LogP contribution in [0.4, 0.5) is 34.1 Å². The fraction of sp³-hybridized carbons (Fsp3) is 0.0600. The van der Waals surface area contributed by atoms with E-state index in [4.69, 9.17) is 4.74 Å². The Morgan fingerprint density at radius 3 is 0.903 bits per heavy atom. The zero-order valence-electron chi connectivity index (χ0n) is 33.8. The maximum Gasteiger partial charge on any atom is 0.255 e. The molecule has 1 unspecified atom stereocenters. The van der Waals surface area contributed by atoms with Crippen molar-refractivity contribution in [3.05, 3.63) is 215 Å². The molecule has 1 atom stereocenters. The van der Waals surface area contributed by atoms with Crippen molar-refractivity contribution in [3.63, 3.8) is 0 Å². The van der Waals surface area contributed by atoms with E-state index in [1.807, 2.05) is 18.2 Å². The smallest absolute Gasteiger partial charge is 0.255 e. The highest BCUT2D eigenvalue weighted by Crippen LogP contribution is 2.31. The lowest BCUT2D eigenvalue weighted by atomic mass is 9.97. The molecule has 312 valence electrons. The molecular formula is C50H46N6O6. The third-order valence-electron chi connectivity index (χ3n) is 9.85. The van der Waals surface area contributed by atoms with Crippen molar-refractivity contribution in [2.24, 2.45) is 0 Å². The van der Waals surface area contributed by atoms with Crippen molar-refractivity contribution >= 4 is 63.7 Å². The molecule has 6 N–H and O–H groups in total. The van der Waals surface area contributed by atoms with Gasteiger partial charge in [0.15, 0.2) is 5.72 Å². The Labute approximate surface area is 361 Å². The topological polar surface area (TPSA) is 167 Å². The molecule has 0 radical (unpaired) electrons. The van der Waals surface area contributed by atoms with Crippen molar-refractivity contribution < 1.29 is 31.6 Å². The Balaban J connectivity index is 0.00000385. The Kier molecular flexibility index (Phi) is 12.9. The normalized spacial score (nSPS) is 11.6. The second-order valence-corrected chi connectivity index (χ2v) is 14.3. The quantitative estimate of drug-likeness (QED) is 0.0594. The van der Waals surface area contributed by atoms with Crippen LogP contribution in [0.1, 0.15) is 67.1 Å². The number of hydrogen-bond donors (Lipinski definition) is 6. The predicted molar refractivity (Wildman–Crippen MR) is 247 cm³/mol. The van der Waals surface area contributed by atoms with Gasteiger partial charge in [-0.25, -0.2) is 0 Å². The van der Waals surface area contributed by atoms with Crippen molar-refractivity contribution in [2.45, 2.75) is 12.6 Å². The fourth-order valence-electron chi connectivity index (χ4n) is 6.38. The molecule has 0 aliphatic carbocycles. The minimum atomic E-state index is -1.27. The van der Waals surface area contributed by atoms with E-state index in [1.165, 1.54) is 13.2 Å². The second-order valence-electron chi connectivity index (χ2n) is 14.3. The Morgan fingerprint density at radius 2 is 0.629 bits per heavy atom.